The van der Waals surface area contributed by atoms with E-state index in [9.17, 15) is 9.59 Å². The predicted octanol–water partition coefficient (Wildman–Crippen LogP) is 5.08. The van der Waals surface area contributed by atoms with Crippen LogP contribution in [0, 0.1) is 0 Å². The fourth-order valence-electron chi connectivity index (χ4n) is 2.76. The van der Waals surface area contributed by atoms with E-state index < -0.39 is 11.2 Å². The molecular formula is C23H28O4. The summed E-state index contributed by atoms with van der Waals surface area (Å²) in [6, 6.07) is 18.1. The number of Topliss-reactive ketones (excluding diaryl/α,β-unsaturated/α-hetero) is 1. The van der Waals surface area contributed by atoms with Crippen LogP contribution in [0.1, 0.15) is 61.3 Å². The number of hydrogen-bond acceptors (Lipinski definition) is 4. The van der Waals surface area contributed by atoms with E-state index >= 15 is 0 Å². The minimum absolute atomic E-state index is 0.0436. The Hall–Kier alpha value is -2.46. The van der Waals surface area contributed by atoms with E-state index in [-0.39, 0.29) is 11.8 Å². The van der Waals surface area contributed by atoms with Gasteiger partial charge in [-0.15, -0.1) is 0 Å². The number of esters is 1. The van der Waals surface area contributed by atoms with Crippen molar-refractivity contribution in [2.45, 2.75) is 51.7 Å². The largest absolute Gasteiger partial charge is 0.456 e. The van der Waals surface area contributed by atoms with E-state index in [2.05, 4.69) is 0 Å². The summed E-state index contributed by atoms with van der Waals surface area (Å²) in [6.07, 6.45) is 1.32. The maximum absolute atomic E-state index is 12.6. The summed E-state index contributed by atoms with van der Waals surface area (Å²) in [4.78, 5) is 24.8. The monoisotopic (exact) mass is 368 g/mol. The Kier molecular flexibility index (Phi) is 6.92. The number of benzene rings is 2. The van der Waals surface area contributed by atoms with Gasteiger partial charge in [-0.25, -0.2) is 4.79 Å². The van der Waals surface area contributed by atoms with Gasteiger partial charge < -0.3 is 9.47 Å². The molecule has 0 aliphatic heterocycles. The molecule has 2 aromatic carbocycles. The van der Waals surface area contributed by atoms with Gasteiger partial charge in [-0.05, 0) is 52.7 Å². The average Bonchev–Trinajstić information content (AvgIpc) is 2.66. The molecule has 0 fully saturated rings. The lowest BCUT2D eigenvalue weighted by Gasteiger charge is -2.27. The first-order valence-corrected chi connectivity index (χ1v) is 9.23. The van der Waals surface area contributed by atoms with Crippen LogP contribution in [0.25, 0.3) is 0 Å². The molecule has 0 spiro atoms. The van der Waals surface area contributed by atoms with E-state index in [1.807, 2.05) is 50.2 Å². The maximum Gasteiger partial charge on any atom is 0.338 e. The SMILES string of the molecule is CC(C)(CCCOC(C)(C)C(=O)c1ccccc1)OC(=O)c1ccccc1. The second-order valence-electron chi connectivity index (χ2n) is 7.67. The highest BCUT2D eigenvalue weighted by atomic mass is 16.6. The summed E-state index contributed by atoms with van der Waals surface area (Å²) in [7, 11) is 0. The number of ether oxygens (including phenoxy) is 2. The Bertz CT molecular complexity index is 748. The smallest absolute Gasteiger partial charge is 0.338 e. The molecule has 0 N–H and O–H groups in total. The van der Waals surface area contributed by atoms with Crippen LogP contribution < -0.4 is 0 Å². The zero-order chi connectivity index (χ0) is 19.9. The summed E-state index contributed by atoms with van der Waals surface area (Å²) in [5.41, 5.74) is -0.327. The normalized spacial score (nSPS) is 11.9. The molecule has 2 rings (SSSR count). The Morgan fingerprint density at radius 3 is 1.89 bits per heavy atom. The van der Waals surface area contributed by atoms with Gasteiger partial charge in [-0.2, -0.15) is 0 Å². The minimum Gasteiger partial charge on any atom is -0.456 e. The second-order valence-corrected chi connectivity index (χ2v) is 7.67. The van der Waals surface area contributed by atoms with E-state index in [1.165, 1.54) is 0 Å². The molecule has 144 valence electrons. The first kappa shape index (κ1) is 20.8. The van der Waals surface area contributed by atoms with E-state index in [1.54, 1.807) is 38.1 Å². The summed E-state index contributed by atoms with van der Waals surface area (Å²) in [5.74, 6) is -0.376. The number of ketones is 1. The molecule has 0 unspecified atom stereocenters. The van der Waals surface area contributed by atoms with Gasteiger partial charge in [-0.1, -0.05) is 48.5 Å². The molecule has 4 heteroatoms. The molecular weight excluding hydrogens is 340 g/mol. The molecule has 2 aromatic rings. The van der Waals surface area contributed by atoms with Gasteiger partial charge in [0, 0.05) is 12.2 Å². The number of carbonyl (C=O) groups is 2. The van der Waals surface area contributed by atoms with Crippen molar-refractivity contribution in [3.05, 3.63) is 71.8 Å². The van der Waals surface area contributed by atoms with Crippen molar-refractivity contribution >= 4 is 11.8 Å². The van der Waals surface area contributed by atoms with Gasteiger partial charge in [-0.3, -0.25) is 4.79 Å². The van der Waals surface area contributed by atoms with Gasteiger partial charge in [0.1, 0.15) is 11.2 Å². The fraction of sp³-hybridized carbons (Fsp3) is 0.391. The summed E-state index contributed by atoms with van der Waals surface area (Å²) < 4.78 is 11.5. The van der Waals surface area contributed by atoms with Crippen molar-refractivity contribution in [2.75, 3.05) is 6.61 Å². The van der Waals surface area contributed by atoms with Crippen LogP contribution in [0.2, 0.25) is 0 Å². The van der Waals surface area contributed by atoms with Gasteiger partial charge in [0.05, 0.1) is 5.56 Å². The van der Waals surface area contributed by atoms with Crippen molar-refractivity contribution in [3.8, 4) is 0 Å². The molecule has 0 aliphatic rings. The lowest BCUT2D eigenvalue weighted by molar-refractivity contribution is -0.0246. The molecule has 0 aliphatic carbocycles. The molecule has 0 saturated heterocycles. The summed E-state index contributed by atoms with van der Waals surface area (Å²) in [6.45, 7) is 7.74. The molecule has 0 aromatic heterocycles. The standard InChI is InChI=1S/C23H28O4/c1-22(2,27-21(25)19-14-9-6-10-15-19)16-11-17-26-23(3,4)20(24)18-12-7-5-8-13-18/h5-10,12-15H,11,16-17H2,1-4H3. The average molecular weight is 368 g/mol. The topological polar surface area (TPSA) is 52.6 Å². The Balaban J connectivity index is 1.81. The van der Waals surface area contributed by atoms with Crippen molar-refractivity contribution in [3.63, 3.8) is 0 Å². The van der Waals surface area contributed by atoms with Gasteiger partial charge in [0.2, 0.25) is 0 Å². The molecule has 4 nitrogen and oxygen atoms in total. The summed E-state index contributed by atoms with van der Waals surface area (Å²) >= 11 is 0. The third kappa shape index (κ3) is 6.33. The molecule has 0 bridgehead atoms. The second kappa shape index (κ2) is 8.96. The van der Waals surface area contributed by atoms with Crippen molar-refractivity contribution < 1.29 is 19.1 Å². The molecule has 27 heavy (non-hydrogen) atoms. The minimum atomic E-state index is -0.897. The zero-order valence-electron chi connectivity index (χ0n) is 16.5. The van der Waals surface area contributed by atoms with Gasteiger partial charge in [0.15, 0.2) is 5.78 Å². The van der Waals surface area contributed by atoms with Gasteiger partial charge >= 0.3 is 5.97 Å². The number of carbonyl (C=O) groups excluding carboxylic acids is 2. The Morgan fingerprint density at radius 2 is 1.33 bits per heavy atom. The molecule has 0 amide bonds. The van der Waals surface area contributed by atoms with Crippen LogP contribution >= 0.6 is 0 Å². The lowest BCUT2D eigenvalue weighted by Crippen LogP contribution is -2.36. The van der Waals surface area contributed by atoms with Crippen LogP contribution in [0.5, 0.6) is 0 Å². The number of hydrogen-bond donors (Lipinski definition) is 0. The van der Waals surface area contributed by atoms with Crippen molar-refractivity contribution in [1.29, 1.82) is 0 Å². The van der Waals surface area contributed by atoms with E-state index in [0.29, 0.717) is 30.6 Å². The highest BCUT2D eigenvalue weighted by Crippen LogP contribution is 2.22. The molecule has 0 saturated carbocycles. The first-order valence-electron chi connectivity index (χ1n) is 9.23. The Morgan fingerprint density at radius 1 is 0.815 bits per heavy atom. The zero-order valence-corrected chi connectivity index (χ0v) is 16.5. The number of rotatable bonds is 9. The fourth-order valence-corrected chi connectivity index (χ4v) is 2.76. The third-order valence-electron chi connectivity index (χ3n) is 4.35. The van der Waals surface area contributed by atoms with Crippen molar-refractivity contribution in [1.82, 2.24) is 0 Å². The highest BCUT2D eigenvalue weighted by molar-refractivity contribution is 6.01. The van der Waals surface area contributed by atoms with Crippen LogP contribution in [0.15, 0.2) is 60.7 Å². The van der Waals surface area contributed by atoms with Crippen LogP contribution in [-0.2, 0) is 9.47 Å². The predicted molar refractivity (Wildman–Crippen MR) is 106 cm³/mol. The Labute approximate surface area is 161 Å². The molecule has 0 atom stereocenters. The lowest BCUT2D eigenvalue weighted by atomic mass is 9.96. The van der Waals surface area contributed by atoms with Crippen LogP contribution in [0.3, 0.4) is 0 Å². The highest BCUT2D eigenvalue weighted by Gasteiger charge is 2.30. The van der Waals surface area contributed by atoms with E-state index in [0.717, 1.165) is 0 Å². The third-order valence-corrected chi connectivity index (χ3v) is 4.35. The maximum atomic E-state index is 12.6. The quantitative estimate of drug-likeness (QED) is 0.352. The van der Waals surface area contributed by atoms with Crippen LogP contribution in [-0.4, -0.2) is 29.6 Å². The van der Waals surface area contributed by atoms with Crippen LogP contribution in [0.4, 0.5) is 0 Å². The summed E-state index contributed by atoms with van der Waals surface area (Å²) in [5, 5.41) is 0. The van der Waals surface area contributed by atoms with Gasteiger partial charge in [0.25, 0.3) is 0 Å². The van der Waals surface area contributed by atoms with Crippen molar-refractivity contribution in [2.24, 2.45) is 0 Å². The first-order chi connectivity index (χ1) is 12.7. The molecule has 0 heterocycles. The molecule has 0 radical (unpaired) electrons. The van der Waals surface area contributed by atoms with E-state index in [4.69, 9.17) is 9.47 Å².